The maximum Gasteiger partial charge on any atom is 0.241 e. The minimum absolute atomic E-state index is 0.140. The summed E-state index contributed by atoms with van der Waals surface area (Å²) >= 11 is 0. The molecule has 0 spiro atoms. The zero-order chi connectivity index (χ0) is 11.6. The fourth-order valence-corrected chi connectivity index (χ4v) is 3.31. The van der Waals surface area contributed by atoms with Crippen molar-refractivity contribution in [3.05, 3.63) is 30.3 Å². The van der Waals surface area contributed by atoms with E-state index in [2.05, 4.69) is 4.72 Å². The first-order valence-electron chi connectivity index (χ1n) is 5.28. The number of hydrogen-bond donors (Lipinski definition) is 2. The molecule has 0 aromatic heterocycles. The second kappa shape index (κ2) is 4.16. The van der Waals surface area contributed by atoms with Gasteiger partial charge in [-0.2, -0.15) is 0 Å². The molecule has 2 N–H and O–H groups in total. The summed E-state index contributed by atoms with van der Waals surface area (Å²) in [5.41, 5.74) is -0.630. The van der Waals surface area contributed by atoms with E-state index < -0.39 is 15.6 Å². The van der Waals surface area contributed by atoms with Gasteiger partial charge in [0.2, 0.25) is 10.0 Å². The van der Waals surface area contributed by atoms with Gasteiger partial charge >= 0.3 is 0 Å². The summed E-state index contributed by atoms with van der Waals surface area (Å²) in [5, 5.41) is 9.22. The third kappa shape index (κ3) is 2.11. The zero-order valence-corrected chi connectivity index (χ0v) is 9.70. The average molecular weight is 241 g/mol. The molecular weight excluding hydrogens is 226 g/mol. The molecule has 0 heterocycles. The minimum atomic E-state index is -3.50. The first-order chi connectivity index (χ1) is 7.58. The third-order valence-corrected chi connectivity index (χ3v) is 4.61. The molecule has 1 saturated carbocycles. The van der Waals surface area contributed by atoms with Gasteiger partial charge in [-0.1, -0.05) is 18.2 Å². The van der Waals surface area contributed by atoms with Crippen molar-refractivity contribution < 1.29 is 13.5 Å². The van der Waals surface area contributed by atoms with Crippen LogP contribution in [0.5, 0.6) is 0 Å². The predicted molar refractivity (Wildman–Crippen MR) is 60.4 cm³/mol. The summed E-state index contributed by atoms with van der Waals surface area (Å²) < 4.78 is 26.5. The van der Waals surface area contributed by atoms with Crippen LogP contribution < -0.4 is 4.72 Å². The minimum Gasteiger partial charge on any atom is -0.394 e. The zero-order valence-electron chi connectivity index (χ0n) is 8.89. The van der Waals surface area contributed by atoms with Crippen LogP contribution in [0.15, 0.2) is 35.2 Å². The van der Waals surface area contributed by atoms with Crippen LogP contribution >= 0.6 is 0 Å². The number of benzene rings is 1. The van der Waals surface area contributed by atoms with E-state index in [1.807, 2.05) is 0 Å². The topological polar surface area (TPSA) is 66.4 Å². The fourth-order valence-electron chi connectivity index (χ4n) is 1.84. The maximum absolute atomic E-state index is 12.0. The lowest BCUT2D eigenvalue weighted by atomic mass is 9.78. The molecule has 0 saturated heterocycles. The molecule has 0 bridgehead atoms. The number of sulfonamides is 1. The molecule has 0 aliphatic heterocycles. The van der Waals surface area contributed by atoms with Crippen molar-refractivity contribution in [2.45, 2.75) is 29.7 Å². The second-order valence-corrected chi connectivity index (χ2v) is 5.89. The summed E-state index contributed by atoms with van der Waals surface area (Å²) in [6.07, 6.45) is 2.36. The number of aliphatic hydroxyl groups is 1. The van der Waals surface area contributed by atoms with Gasteiger partial charge in [-0.15, -0.1) is 0 Å². The highest BCUT2D eigenvalue weighted by Crippen LogP contribution is 2.32. The van der Waals surface area contributed by atoms with E-state index >= 15 is 0 Å². The molecule has 16 heavy (non-hydrogen) atoms. The molecule has 1 aromatic rings. The number of nitrogens with one attached hydrogen (secondary N) is 1. The van der Waals surface area contributed by atoms with Crippen LogP contribution in [0.4, 0.5) is 0 Å². The first-order valence-corrected chi connectivity index (χ1v) is 6.76. The summed E-state index contributed by atoms with van der Waals surface area (Å²) in [5.74, 6) is 0. The molecule has 0 unspecified atom stereocenters. The first kappa shape index (κ1) is 11.6. The van der Waals surface area contributed by atoms with E-state index in [0.29, 0.717) is 12.8 Å². The molecule has 1 fully saturated rings. The predicted octanol–water partition coefficient (Wildman–Crippen LogP) is 0.880. The smallest absolute Gasteiger partial charge is 0.241 e. The van der Waals surface area contributed by atoms with Crippen LogP contribution in [-0.4, -0.2) is 25.7 Å². The van der Waals surface area contributed by atoms with Crippen molar-refractivity contribution in [2.24, 2.45) is 0 Å². The van der Waals surface area contributed by atoms with Crippen molar-refractivity contribution in [3.8, 4) is 0 Å². The molecule has 0 atom stereocenters. The van der Waals surface area contributed by atoms with E-state index in [4.69, 9.17) is 0 Å². The van der Waals surface area contributed by atoms with Crippen LogP contribution in [0.2, 0.25) is 0 Å². The highest BCUT2D eigenvalue weighted by molar-refractivity contribution is 7.89. The Morgan fingerprint density at radius 1 is 1.25 bits per heavy atom. The number of hydrogen-bond acceptors (Lipinski definition) is 3. The van der Waals surface area contributed by atoms with Gasteiger partial charge in [-0.05, 0) is 31.4 Å². The van der Waals surface area contributed by atoms with Crippen LogP contribution in [0.3, 0.4) is 0 Å². The summed E-state index contributed by atoms with van der Waals surface area (Å²) in [6, 6.07) is 8.23. The van der Waals surface area contributed by atoms with Crippen LogP contribution in [-0.2, 0) is 10.0 Å². The Morgan fingerprint density at radius 2 is 1.88 bits per heavy atom. The van der Waals surface area contributed by atoms with E-state index in [1.54, 1.807) is 30.3 Å². The lowest BCUT2D eigenvalue weighted by Gasteiger charge is -2.40. The molecule has 1 aliphatic carbocycles. The monoisotopic (exact) mass is 241 g/mol. The van der Waals surface area contributed by atoms with E-state index in [-0.39, 0.29) is 11.5 Å². The van der Waals surface area contributed by atoms with Crippen molar-refractivity contribution in [1.82, 2.24) is 4.72 Å². The highest BCUT2D eigenvalue weighted by Gasteiger charge is 2.40. The molecular formula is C11H15NO3S. The Morgan fingerprint density at radius 3 is 2.31 bits per heavy atom. The normalized spacial score (nSPS) is 19.1. The largest absolute Gasteiger partial charge is 0.394 e. The van der Waals surface area contributed by atoms with E-state index in [9.17, 15) is 13.5 Å². The molecule has 0 radical (unpaired) electrons. The van der Waals surface area contributed by atoms with Gasteiger partial charge in [0.25, 0.3) is 0 Å². The van der Waals surface area contributed by atoms with Crippen LogP contribution in [0.25, 0.3) is 0 Å². The lowest BCUT2D eigenvalue weighted by Crippen LogP contribution is -2.55. The summed E-state index contributed by atoms with van der Waals surface area (Å²) in [6.45, 7) is -0.140. The van der Waals surface area contributed by atoms with Gasteiger partial charge in [0.1, 0.15) is 0 Å². The van der Waals surface area contributed by atoms with Gasteiger partial charge in [-0.3, -0.25) is 0 Å². The SMILES string of the molecule is O=S(=O)(NC1(CO)CCC1)c1ccccc1. The Hall–Kier alpha value is -0.910. The Bertz CT molecular complexity index is 446. The highest BCUT2D eigenvalue weighted by atomic mass is 32.2. The Kier molecular flexibility index (Phi) is 3.01. The van der Waals surface area contributed by atoms with Gasteiger partial charge in [0.15, 0.2) is 0 Å². The molecule has 4 nitrogen and oxygen atoms in total. The van der Waals surface area contributed by atoms with Gasteiger partial charge < -0.3 is 5.11 Å². The quantitative estimate of drug-likeness (QED) is 0.822. The standard InChI is InChI=1S/C11H15NO3S/c13-9-11(7-4-8-11)12-16(14,15)10-5-2-1-3-6-10/h1-3,5-6,12-13H,4,7-9H2. The molecule has 1 aromatic carbocycles. The number of aliphatic hydroxyl groups excluding tert-OH is 1. The maximum atomic E-state index is 12.0. The summed E-state index contributed by atoms with van der Waals surface area (Å²) in [4.78, 5) is 0.245. The van der Waals surface area contributed by atoms with Crippen molar-refractivity contribution in [3.63, 3.8) is 0 Å². The molecule has 5 heteroatoms. The lowest BCUT2D eigenvalue weighted by molar-refractivity contribution is 0.110. The van der Waals surface area contributed by atoms with Gasteiger partial charge in [-0.25, -0.2) is 13.1 Å². The number of rotatable bonds is 4. The average Bonchev–Trinajstić information content (AvgIpc) is 2.25. The molecule has 1 aliphatic rings. The van der Waals surface area contributed by atoms with Crippen molar-refractivity contribution >= 4 is 10.0 Å². The molecule has 88 valence electrons. The van der Waals surface area contributed by atoms with Gasteiger partial charge in [0.05, 0.1) is 17.0 Å². The molecule has 2 rings (SSSR count). The third-order valence-electron chi connectivity index (χ3n) is 3.02. The van der Waals surface area contributed by atoms with Crippen molar-refractivity contribution in [2.75, 3.05) is 6.61 Å². The molecule has 0 amide bonds. The Balaban J connectivity index is 2.21. The van der Waals surface area contributed by atoms with Gasteiger partial charge in [0, 0.05) is 0 Å². The van der Waals surface area contributed by atoms with E-state index in [0.717, 1.165) is 6.42 Å². The summed E-state index contributed by atoms with van der Waals surface area (Å²) in [7, 11) is -3.50. The van der Waals surface area contributed by atoms with Crippen LogP contribution in [0.1, 0.15) is 19.3 Å². The Labute approximate surface area is 95.4 Å². The van der Waals surface area contributed by atoms with E-state index in [1.165, 1.54) is 0 Å². The van der Waals surface area contributed by atoms with Crippen LogP contribution in [0, 0.1) is 0 Å². The van der Waals surface area contributed by atoms with Crippen molar-refractivity contribution in [1.29, 1.82) is 0 Å². The second-order valence-electron chi connectivity index (χ2n) is 4.21. The fraction of sp³-hybridized carbons (Fsp3) is 0.455.